The number of aliphatic hydroxyl groups is 1. The summed E-state index contributed by atoms with van der Waals surface area (Å²) in [6, 6.07) is 6.75. The lowest BCUT2D eigenvalue weighted by atomic mass is 9.50. The molecule has 0 amide bonds. The van der Waals surface area contributed by atoms with E-state index in [4.69, 9.17) is 0 Å². The Hall–Kier alpha value is -2.35. The normalized spacial score (nSPS) is 34.6. The number of Topliss-reactive ketones (excluding diaryl/α,β-unsaturated/α-hetero) is 1. The number of halogens is 5. The Bertz CT molecular complexity index is 1180. The molecule has 1 N–H and O–H groups in total. The average Bonchev–Trinajstić information content (AvgIpc) is 3.09. The fraction of sp³-hybridized carbons (Fsp3) is 0.571. The molecule has 4 aliphatic rings. The summed E-state index contributed by atoms with van der Waals surface area (Å²) in [6.45, 7) is 2.83. The number of alkyl halides is 5. The quantitative estimate of drug-likeness (QED) is 0.364. The lowest BCUT2D eigenvalue weighted by Crippen LogP contribution is -2.65. The van der Waals surface area contributed by atoms with Gasteiger partial charge in [-0.15, -0.1) is 0 Å². The van der Waals surface area contributed by atoms with Crippen molar-refractivity contribution in [3.63, 3.8) is 0 Å². The maximum atomic E-state index is 15.0. The van der Waals surface area contributed by atoms with Crippen LogP contribution in [0.4, 0.5) is 22.0 Å². The molecule has 4 aliphatic carbocycles. The molecule has 0 heterocycles. The zero-order chi connectivity index (χ0) is 26.3. The van der Waals surface area contributed by atoms with Crippen LogP contribution >= 0.6 is 0 Å². The first-order chi connectivity index (χ1) is 16.7. The molecule has 3 nitrogen and oxygen atoms in total. The Morgan fingerprint density at radius 2 is 1.69 bits per heavy atom. The molecule has 5 rings (SSSR count). The Labute approximate surface area is 206 Å². The summed E-state index contributed by atoms with van der Waals surface area (Å²) < 4.78 is 70.7. The predicted molar refractivity (Wildman–Crippen MR) is 123 cm³/mol. The summed E-state index contributed by atoms with van der Waals surface area (Å²) in [4.78, 5) is 23.9. The molecule has 0 spiro atoms. The molecule has 1 unspecified atom stereocenters. The minimum atomic E-state index is -5.87. The van der Waals surface area contributed by atoms with E-state index in [1.54, 1.807) is 30.3 Å². The molecule has 5 atom stereocenters. The lowest BCUT2D eigenvalue weighted by molar-refractivity contribution is -0.362. The number of allylic oxidation sites excluding steroid dienone is 4. The van der Waals surface area contributed by atoms with Crippen LogP contribution in [0.15, 0.2) is 47.1 Å². The molecule has 0 bridgehead atoms. The molecule has 2 fully saturated rings. The summed E-state index contributed by atoms with van der Waals surface area (Å²) >= 11 is 0. The maximum absolute atomic E-state index is 15.0. The third-order valence-corrected chi connectivity index (χ3v) is 9.48. The van der Waals surface area contributed by atoms with Crippen molar-refractivity contribution in [3.05, 3.63) is 58.2 Å². The first kappa shape index (κ1) is 25.3. The van der Waals surface area contributed by atoms with Crippen molar-refractivity contribution in [2.24, 2.45) is 17.3 Å². The highest BCUT2D eigenvalue weighted by molar-refractivity contribution is 5.94. The lowest BCUT2D eigenvalue weighted by Gasteiger charge is -2.56. The van der Waals surface area contributed by atoms with Crippen molar-refractivity contribution >= 4 is 11.6 Å². The number of fused-ring (bicyclic) bond motifs is 4. The number of rotatable bonds is 3. The third kappa shape index (κ3) is 3.39. The molecular weight excluding hydrogens is 479 g/mol. The molecule has 0 radical (unpaired) electrons. The SMILES string of the molecule is CC(=O)c1ccc([C@H]2C[C@@]3(C)C(CC[C@@]3(O)C(F)(F)C(F)(F)F)[C@@H]3CCC4=CC(=O)CCC4=C32)cc1. The largest absolute Gasteiger partial charge is 0.456 e. The van der Waals surface area contributed by atoms with Crippen molar-refractivity contribution in [2.75, 3.05) is 0 Å². The van der Waals surface area contributed by atoms with Crippen LogP contribution in [0.25, 0.3) is 0 Å². The summed E-state index contributed by atoms with van der Waals surface area (Å²) in [5.41, 5.74) is -0.758. The van der Waals surface area contributed by atoms with Gasteiger partial charge in [0, 0.05) is 23.3 Å². The van der Waals surface area contributed by atoms with Gasteiger partial charge in [-0.1, -0.05) is 36.8 Å². The molecule has 1 aromatic rings. The van der Waals surface area contributed by atoms with Gasteiger partial charge < -0.3 is 5.11 Å². The van der Waals surface area contributed by atoms with Crippen molar-refractivity contribution in [1.82, 2.24) is 0 Å². The van der Waals surface area contributed by atoms with E-state index in [0.29, 0.717) is 31.2 Å². The number of carbonyl (C=O) groups is 2. The van der Waals surface area contributed by atoms with Gasteiger partial charge in [0.15, 0.2) is 11.6 Å². The topological polar surface area (TPSA) is 54.4 Å². The third-order valence-electron chi connectivity index (χ3n) is 9.48. The van der Waals surface area contributed by atoms with Gasteiger partial charge in [0.1, 0.15) is 5.60 Å². The highest BCUT2D eigenvalue weighted by Gasteiger charge is 2.79. The van der Waals surface area contributed by atoms with Gasteiger partial charge in [-0.2, -0.15) is 22.0 Å². The van der Waals surface area contributed by atoms with Crippen LogP contribution in [0.1, 0.15) is 80.6 Å². The summed E-state index contributed by atoms with van der Waals surface area (Å²) in [5.74, 6) is -6.66. The van der Waals surface area contributed by atoms with E-state index in [0.717, 1.165) is 22.3 Å². The number of hydrogen-bond donors (Lipinski definition) is 1. The van der Waals surface area contributed by atoms with Gasteiger partial charge in [-0.3, -0.25) is 9.59 Å². The van der Waals surface area contributed by atoms with E-state index in [2.05, 4.69) is 0 Å². The van der Waals surface area contributed by atoms with E-state index in [9.17, 15) is 36.6 Å². The second-order valence-electron chi connectivity index (χ2n) is 11.1. The average molecular weight is 509 g/mol. The Morgan fingerprint density at radius 1 is 1.03 bits per heavy atom. The fourth-order valence-electron chi connectivity index (χ4n) is 7.66. The molecule has 1 aromatic carbocycles. The molecule has 194 valence electrons. The summed E-state index contributed by atoms with van der Waals surface area (Å²) in [7, 11) is 0. The maximum Gasteiger partial charge on any atom is 0.456 e. The highest BCUT2D eigenvalue weighted by atomic mass is 19.4. The van der Waals surface area contributed by atoms with Gasteiger partial charge in [0.05, 0.1) is 0 Å². The van der Waals surface area contributed by atoms with Gasteiger partial charge in [0.25, 0.3) is 0 Å². The van der Waals surface area contributed by atoms with Gasteiger partial charge in [-0.05, 0) is 80.1 Å². The minimum absolute atomic E-state index is 0.0378. The standard InChI is InChI=1S/C28H29F5O3/c1-15(34)16-3-5-17(6-4-16)22-14-25(2)23(11-12-26(25,36)27(29,30)28(31,32)33)21-9-7-18-13-19(35)8-10-20(18)24(21)22/h3-6,13,21-23,36H,7-12,14H2,1-2H3/t21-,22+,23?,25-,26-/m0/s1. The van der Waals surface area contributed by atoms with Crippen molar-refractivity contribution in [3.8, 4) is 0 Å². The van der Waals surface area contributed by atoms with Crippen LogP contribution in [0.2, 0.25) is 0 Å². The van der Waals surface area contributed by atoms with E-state index >= 15 is 0 Å². The van der Waals surface area contributed by atoms with Gasteiger partial charge in [-0.25, -0.2) is 0 Å². The van der Waals surface area contributed by atoms with Crippen LogP contribution in [-0.2, 0) is 4.79 Å². The Kier molecular flexibility index (Phi) is 5.67. The molecular formula is C28H29F5O3. The van der Waals surface area contributed by atoms with E-state index in [1.807, 2.05) is 0 Å². The van der Waals surface area contributed by atoms with Crippen molar-refractivity contribution in [2.45, 2.75) is 82.4 Å². The molecule has 0 aliphatic heterocycles. The summed E-state index contributed by atoms with van der Waals surface area (Å²) in [6.07, 6.45) is -2.90. The predicted octanol–water partition coefficient (Wildman–Crippen LogP) is 6.72. The van der Waals surface area contributed by atoms with Crippen LogP contribution in [0.5, 0.6) is 0 Å². The second-order valence-corrected chi connectivity index (χ2v) is 11.1. The van der Waals surface area contributed by atoms with E-state index < -0.39 is 41.4 Å². The molecule has 2 saturated carbocycles. The number of benzene rings is 1. The number of ketones is 2. The zero-order valence-electron chi connectivity index (χ0n) is 20.2. The Morgan fingerprint density at radius 3 is 2.31 bits per heavy atom. The van der Waals surface area contributed by atoms with Gasteiger partial charge in [0.2, 0.25) is 0 Å². The minimum Gasteiger partial charge on any atom is -0.383 e. The van der Waals surface area contributed by atoms with Crippen molar-refractivity contribution < 1.29 is 36.6 Å². The highest BCUT2D eigenvalue weighted by Crippen LogP contribution is 2.70. The zero-order valence-corrected chi connectivity index (χ0v) is 20.2. The van der Waals surface area contributed by atoms with Crippen LogP contribution in [-0.4, -0.2) is 34.4 Å². The molecule has 36 heavy (non-hydrogen) atoms. The molecule has 0 aromatic heterocycles. The van der Waals surface area contributed by atoms with Gasteiger partial charge >= 0.3 is 12.1 Å². The molecule has 8 heteroatoms. The smallest absolute Gasteiger partial charge is 0.383 e. The summed E-state index contributed by atoms with van der Waals surface area (Å²) in [5, 5.41) is 11.3. The first-order valence-electron chi connectivity index (χ1n) is 12.5. The van der Waals surface area contributed by atoms with Crippen LogP contribution < -0.4 is 0 Å². The van der Waals surface area contributed by atoms with E-state index in [-0.39, 0.29) is 30.3 Å². The number of carbonyl (C=O) groups excluding carboxylic acids is 2. The Balaban J connectivity index is 1.69. The van der Waals surface area contributed by atoms with Crippen LogP contribution in [0.3, 0.4) is 0 Å². The fourth-order valence-corrected chi connectivity index (χ4v) is 7.66. The first-order valence-corrected chi connectivity index (χ1v) is 12.5. The van der Waals surface area contributed by atoms with Crippen molar-refractivity contribution in [1.29, 1.82) is 0 Å². The number of hydrogen-bond acceptors (Lipinski definition) is 3. The molecule has 0 saturated heterocycles. The second kappa shape index (κ2) is 8.07. The van der Waals surface area contributed by atoms with Crippen LogP contribution in [0, 0.1) is 17.3 Å². The monoisotopic (exact) mass is 508 g/mol. The van der Waals surface area contributed by atoms with E-state index in [1.165, 1.54) is 13.8 Å².